The first-order valence-corrected chi connectivity index (χ1v) is 7.71. The van der Waals surface area contributed by atoms with Crippen molar-refractivity contribution in [2.45, 2.75) is 26.1 Å². The number of carbonyl (C=O) groups excluding carboxylic acids is 2. The zero-order valence-electron chi connectivity index (χ0n) is 13.0. The van der Waals surface area contributed by atoms with Crippen LogP contribution in [0, 0.1) is 29.6 Å². The number of hydrogen-bond donors (Lipinski definition) is 0. The van der Waals surface area contributed by atoms with Crippen LogP contribution >= 0.6 is 0 Å². The molecule has 120 valence electrons. The van der Waals surface area contributed by atoms with Crippen LogP contribution in [0.5, 0.6) is 0 Å². The second-order valence-electron chi connectivity index (χ2n) is 6.61. The van der Waals surface area contributed by atoms with Gasteiger partial charge in [0.05, 0.1) is 24.0 Å². The van der Waals surface area contributed by atoms with Crippen molar-refractivity contribution in [1.29, 1.82) is 0 Å². The quantitative estimate of drug-likeness (QED) is 0.425. The summed E-state index contributed by atoms with van der Waals surface area (Å²) >= 11 is 0. The molecule has 3 fully saturated rings. The van der Waals surface area contributed by atoms with Crippen molar-refractivity contribution >= 4 is 11.9 Å². The molecule has 0 aromatic rings. The summed E-state index contributed by atoms with van der Waals surface area (Å²) in [5, 5.41) is 0. The third-order valence-electron chi connectivity index (χ3n) is 5.10. The second-order valence-corrected chi connectivity index (χ2v) is 6.61. The van der Waals surface area contributed by atoms with E-state index >= 15 is 0 Å². The SMILES string of the molecule is C=CCOC(=O)C1C(C(=O)OCC(=C)C)C2C(C)C1C1OC12. The van der Waals surface area contributed by atoms with Crippen LogP contribution in [0.1, 0.15) is 13.8 Å². The lowest BCUT2D eigenvalue weighted by molar-refractivity contribution is -0.161. The van der Waals surface area contributed by atoms with Gasteiger partial charge < -0.3 is 14.2 Å². The Hall–Kier alpha value is -1.62. The fourth-order valence-corrected chi connectivity index (χ4v) is 4.29. The fourth-order valence-electron chi connectivity index (χ4n) is 4.29. The predicted molar refractivity (Wildman–Crippen MR) is 78.7 cm³/mol. The Balaban J connectivity index is 1.78. The largest absolute Gasteiger partial charge is 0.461 e. The minimum absolute atomic E-state index is 0.0499. The minimum atomic E-state index is -0.472. The topological polar surface area (TPSA) is 65.1 Å². The van der Waals surface area contributed by atoms with Crippen molar-refractivity contribution in [1.82, 2.24) is 0 Å². The van der Waals surface area contributed by atoms with Crippen LogP contribution in [-0.4, -0.2) is 37.4 Å². The normalized spacial score (nSPS) is 40.7. The van der Waals surface area contributed by atoms with Gasteiger partial charge in [-0.1, -0.05) is 26.2 Å². The minimum Gasteiger partial charge on any atom is -0.461 e. The van der Waals surface area contributed by atoms with Crippen LogP contribution in [0.25, 0.3) is 0 Å². The van der Waals surface area contributed by atoms with Crippen molar-refractivity contribution in [3.8, 4) is 0 Å². The molecule has 0 N–H and O–H groups in total. The summed E-state index contributed by atoms with van der Waals surface area (Å²) in [5.74, 6) is -1.25. The van der Waals surface area contributed by atoms with Gasteiger partial charge in [-0.05, 0) is 18.4 Å². The average molecular weight is 306 g/mol. The molecule has 1 saturated heterocycles. The molecule has 2 aliphatic carbocycles. The number of epoxide rings is 1. The van der Waals surface area contributed by atoms with Crippen molar-refractivity contribution in [2.75, 3.05) is 13.2 Å². The average Bonchev–Trinajstić information content (AvgIpc) is 3.16. The molecule has 5 nitrogen and oxygen atoms in total. The number of esters is 2. The van der Waals surface area contributed by atoms with Crippen molar-refractivity contribution in [3.05, 3.63) is 24.8 Å². The summed E-state index contributed by atoms with van der Waals surface area (Å²) in [5.41, 5.74) is 0.774. The first kappa shape index (κ1) is 15.3. The highest BCUT2D eigenvalue weighted by Gasteiger charge is 2.74. The second kappa shape index (κ2) is 5.54. The van der Waals surface area contributed by atoms with Gasteiger partial charge in [-0.15, -0.1) is 0 Å². The van der Waals surface area contributed by atoms with Crippen molar-refractivity contribution in [2.24, 2.45) is 29.6 Å². The van der Waals surface area contributed by atoms with E-state index in [9.17, 15) is 9.59 Å². The Kier molecular flexibility index (Phi) is 3.85. The molecule has 22 heavy (non-hydrogen) atoms. The van der Waals surface area contributed by atoms with Gasteiger partial charge in [0.1, 0.15) is 13.2 Å². The lowest BCUT2D eigenvalue weighted by Gasteiger charge is -2.25. The van der Waals surface area contributed by atoms with E-state index in [0.29, 0.717) is 0 Å². The van der Waals surface area contributed by atoms with Gasteiger partial charge in [0, 0.05) is 11.8 Å². The predicted octanol–water partition coefficient (Wildman–Crippen LogP) is 1.73. The molecule has 3 rings (SSSR count). The fraction of sp³-hybridized carbons (Fsp3) is 0.647. The van der Waals surface area contributed by atoms with Gasteiger partial charge in [0.25, 0.3) is 0 Å². The van der Waals surface area contributed by atoms with E-state index in [1.54, 1.807) is 6.92 Å². The maximum atomic E-state index is 12.5. The van der Waals surface area contributed by atoms with E-state index in [2.05, 4.69) is 20.1 Å². The maximum absolute atomic E-state index is 12.5. The lowest BCUT2D eigenvalue weighted by Crippen LogP contribution is -2.40. The molecule has 2 bridgehead atoms. The number of rotatable bonds is 6. The highest BCUT2D eigenvalue weighted by molar-refractivity contribution is 5.84. The summed E-state index contributed by atoms with van der Waals surface area (Å²) in [6, 6.07) is 0. The molecule has 0 aromatic carbocycles. The molecule has 0 radical (unpaired) electrons. The molecule has 1 aliphatic heterocycles. The standard InChI is InChI=1S/C17H22O5/c1-5-6-20-16(18)12-10-9(4)11(15-14(10)22-15)13(12)17(19)21-7-8(2)3/h5,9-15H,1-2,6-7H2,3-4H3. The van der Waals surface area contributed by atoms with E-state index < -0.39 is 11.8 Å². The first-order chi connectivity index (χ1) is 10.5. The molecule has 0 aromatic heterocycles. The van der Waals surface area contributed by atoms with Crippen LogP contribution < -0.4 is 0 Å². The van der Waals surface area contributed by atoms with E-state index in [4.69, 9.17) is 14.2 Å². The zero-order chi connectivity index (χ0) is 16.0. The van der Waals surface area contributed by atoms with Gasteiger partial charge in [-0.3, -0.25) is 9.59 Å². The Morgan fingerprint density at radius 1 is 1.14 bits per heavy atom. The van der Waals surface area contributed by atoms with E-state index in [0.717, 1.165) is 5.57 Å². The van der Waals surface area contributed by atoms with Crippen LogP contribution in [0.15, 0.2) is 24.8 Å². The van der Waals surface area contributed by atoms with Gasteiger partial charge >= 0.3 is 11.9 Å². The number of ether oxygens (including phenoxy) is 3. The Bertz CT molecular complexity index is 525. The summed E-state index contributed by atoms with van der Waals surface area (Å²) < 4.78 is 16.2. The molecule has 3 aliphatic rings. The molecule has 0 amide bonds. The van der Waals surface area contributed by atoms with Crippen LogP contribution in [0.2, 0.25) is 0 Å². The zero-order valence-corrected chi connectivity index (χ0v) is 13.0. The molecule has 5 heteroatoms. The van der Waals surface area contributed by atoms with E-state index in [1.807, 2.05) is 0 Å². The van der Waals surface area contributed by atoms with Gasteiger partial charge in [0.15, 0.2) is 0 Å². The molecule has 2 saturated carbocycles. The van der Waals surface area contributed by atoms with Crippen molar-refractivity contribution in [3.63, 3.8) is 0 Å². The number of hydrogen-bond acceptors (Lipinski definition) is 5. The summed E-state index contributed by atoms with van der Waals surface area (Å²) in [6.07, 6.45) is 1.73. The Labute approximate surface area is 130 Å². The molecule has 1 heterocycles. The molecule has 7 unspecified atom stereocenters. The summed E-state index contributed by atoms with van der Waals surface area (Å²) in [6.45, 7) is 11.5. The highest BCUT2D eigenvalue weighted by Crippen LogP contribution is 2.64. The van der Waals surface area contributed by atoms with E-state index in [-0.39, 0.29) is 55.1 Å². The monoisotopic (exact) mass is 306 g/mol. The Morgan fingerprint density at radius 3 is 2.18 bits per heavy atom. The molecular formula is C17H22O5. The van der Waals surface area contributed by atoms with Gasteiger partial charge in [0.2, 0.25) is 0 Å². The van der Waals surface area contributed by atoms with Crippen LogP contribution in [-0.2, 0) is 23.8 Å². The van der Waals surface area contributed by atoms with E-state index in [1.165, 1.54) is 6.08 Å². The smallest absolute Gasteiger partial charge is 0.310 e. The van der Waals surface area contributed by atoms with Crippen LogP contribution in [0.4, 0.5) is 0 Å². The van der Waals surface area contributed by atoms with Crippen molar-refractivity contribution < 1.29 is 23.8 Å². The van der Waals surface area contributed by atoms with Gasteiger partial charge in [-0.25, -0.2) is 0 Å². The molecule has 0 spiro atoms. The van der Waals surface area contributed by atoms with Gasteiger partial charge in [-0.2, -0.15) is 0 Å². The molecule has 7 atom stereocenters. The lowest BCUT2D eigenvalue weighted by atomic mass is 9.79. The number of carbonyl (C=O) groups is 2. The summed E-state index contributed by atoms with van der Waals surface area (Å²) in [4.78, 5) is 24.9. The third-order valence-corrected chi connectivity index (χ3v) is 5.10. The first-order valence-electron chi connectivity index (χ1n) is 7.71. The molecular weight excluding hydrogens is 284 g/mol. The Morgan fingerprint density at radius 2 is 1.68 bits per heavy atom. The number of fused-ring (bicyclic) bond motifs is 5. The van der Waals surface area contributed by atoms with Crippen LogP contribution in [0.3, 0.4) is 0 Å². The summed E-state index contributed by atoms with van der Waals surface area (Å²) in [7, 11) is 0. The maximum Gasteiger partial charge on any atom is 0.310 e. The highest BCUT2D eigenvalue weighted by atomic mass is 16.6. The third kappa shape index (κ3) is 2.28.